The van der Waals surface area contributed by atoms with Crippen molar-refractivity contribution >= 4 is 16.0 Å². The molecule has 0 spiro atoms. The van der Waals surface area contributed by atoms with Gasteiger partial charge in [0.2, 0.25) is 5.91 Å². The number of hydrogen-bond donors (Lipinski definition) is 0. The lowest BCUT2D eigenvalue weighted by Crippen LogP contribution is -2.36. The van der Waals surface area contributed by atoms with Gasteiger partial charge in [-0.05, 0) is 31.0 Å². The highest BCUT2D eigenvalue weighted by Crippen LogP contribution is 2.23. The minimum absolute atomic E-state index is 0.0191. The number of benzene rings is 2. The molecule has 3 rings (SSSR count). The van der Waals surface area contributed by atoms with Crippen LogP contribution in [0.4, 0.5) is 0 Å². The van der Waals surface area contributed by atoms with E-state index in [1.807, 2.05) is 37.3 Å². The largest absolute Gasteiger partial charge is 0.333 e. The van der Waals surface area contributed by atoms with Gasteiger partial charge < -0.3 is 4.90 Å². The van der Waals surface area contributed by atoms with E-state index in [9.17, 15) is 13.2 Å². The Labute approximate surface area is 148 Å². The molecule has 2 aromatic carbocycles. The summed E-state index contributed by atoms with van der Waals surface area (Å²) >= 11 is 0. The fourth-order valence-electron chi connectivity index (χ4n) is 2.90. The quantitative estimate of drug-likeness (QED) is 0.744. The summed E-state index contributed by atoms with van der Waals surface area (Å²) < 4.78 is 29.9. The molecule has 0 aliphatic carbocycles. The van der Waals surface area contributed by atoms with Crippen LogP contribution in [0, 0.1) is 6.92 Å². The van der Waals surface area contributed by atoms with E-state index in [0.717, 1.165) is 11.1 Å². The van der Waals surface area contributed by atoms with E-state index < -0.39 is 10.1 Å². The van der Waals surface area contributed by atoms with Gasteiger partial charge in [0, 0.05) is 13.0 Å². The van der Waals surface area contributed by atoms with Crippen molar-refractivity contribution in [1.29, 1.82) is 0 Å². The molecule has 1 unspecified atom stereocenters. The van der Waals surface area contributed by atoms with Crippen LogP contribution in [-0.2, 0) is 25.6 Å². The topological polar surface area (TPSA) is 63.7 Å². The summed E-state index contributed by atoms with van der Waals surface area (Å²) in [4.78, 5) is 14.0. The number of nitrogens with zero attached hydrogens (tertiary/aromatic N) is 1. The Bertz CT molecular complexity index is 831. The van der Waals surface area contributed by atoms with Crippen molar-refractivity contribution < 1.29 is 17.4 Å². The molecule has 0 aromatic heterocycles. The SMILES string of the molecule is Cc1ccc(S(=O)(=O)OCC2CCC(=O)N2Cc2ccccc2)cc1. The second-order valence-electron chi connectivity index (χ2n) is 6.25. The maximum Gasteiger partial charge on any atom is 0.297 e. The molecule has 1 heterocycles. The lowest BCUT2D eigenvalue weighted by molar-refractivity contribution is -0.129. The van der Waals surface area contributed by atoms with Gasteiger partial charge in [0.15, 0.2) is 0 Å². The Hall–Kier alpha value is -2.18. The van der Waals surface area contributed by atoms with Gasteiger partial charge in [-0.3, -0.25) is 8.98 Å². The van der Waals surface area contributed by atoms with Gasteiger partial charge in [-0.1, -0.05) is 48.0 Å². The van der Waals surface area contributed by atoms with Crippen LogP contribution in [0.25, 0.3) is 0 Å². The molecule has 0 N–H and O–H groups in total. The molecule has 1 amide bonds. The van der Waals surface area contributed by atoms with Crippen LogP contribution in [0.3, 0.4) is 0 Å². The van der Waals surface area contributed by atoms with Gasteiger partial charge in [0.25, 0.3) is 10.1 Å². The third-order valence-electron chi connectivity index (χ3n) is 4.37. The monoisotopic (exact) mass is 359 g/mol. The predicted octanol–water partition coefficient (Wildman–Crippen LogP) is 2.89. The zero-order valence-corrected chi connectivity index (χ0v) is 14.9. The molecule has 2 aromatic rings. The molecule has 1 fully saturated rings. The van der Waals surface area contributed by atoms with E-state index in [1.165, 1.54) is 12.1 Å². The zero-order chi connectivity index (χ0) is 17.9. The number of rotatable bonds is 6. The Kier molecular flexibility index (Phi) is 5.20. The third kappa shape index (κ3) is 4.27. The lowest BCUT2D eigenvalue weighted by Gasteiger charge is -2.24. The van der Waals surface area contributed by atoms with Gasteiger partial charge in [-0.25, -0.2) is 0 Å². The summed E-state index contributed by atoms with van der Waals surface area (Å²) in [6, 6.07) is 16.0. The van der Waals surface area contributed by atoms with Gasteiger partial charge in [-0.2, -0.15) is 8.42 Å². The summed E-state index contributed by atoms with van der Waals surface area (Å²) in [5, 5.41) is 0. The summed E-state index contributed by atoms with van der Waals surface area (Å²) in [7, 11) is -3.82. The highest BCUT2D eigenvalue weighted by molar-refractivity contribution is 7.86. The van der Waals surface area contributed by atoms with E-state index in [4.69, 9.17) is 4.18 Å². The first-order chi connectivity index (χ1) is 12.0. The minimum atomic E-state index is -3.82. The van der Waals surface area contributed by atoms with Gasteiger partial charge in [0.1, 0.15) is 0 Å². The van der Waals surface area contributed by atoms with Gasteiger partial charge >= 0.3 is 0 Å². The van der Waals surface area contributed by atoms with Crippen molar-refractivity contribution in [2.24, 2.45) is 0 Å². The molecule has 1 aliphatic rings. The van der Waals surface area contributed by atoms with E-state index in [1.54, 1.807) is 17.0 Å². The van der Waals surface area contributed by atoms with Gasteiger partial charge in [-0.15, -0.1) is 0 Å². The van der Waals surface area contributed by atoms with Crippen LogP contribution in [0.1, 0.15) is 24.0 Å². The molecule has 0 bridgehead atoms. The Balaban J connectivity index is 1.67. The average Bonchev–Trinajstić information content (AvgIpc) is 2.95. The Morgan fingerprint density at radius 1 is 1.08 bits per heavy atom. The van der Waals surface area contributed by atoms with Crippen LogP contribution >= 0.6 is 0 Å². The summed E-state index contributed by atoms with van der Waals surface area (Å²) in [6.45, 7) is 2.34. The minimum Gasteiger partial charge on any atom is -0.333 e. The van der Waals surface area contributed by atoms with Crippen molar-refractivity contribution in [2.45, 2.75) is 37.2 Å². The molecule has 0 saturated carbocycles. The molecule has 1 saturated heterocycles. The molecular formula is C19H21NO4S. The van der Waals surface area contributed by atoms with Crippen LogP contribution in [0.5, 0.6) is 0 Å². The first kappa shape index (κ1) is 17.6. The van der Waals surface area contributed by atoms with E-state index in [0.29, 0.717) is 19.4 Å². The highest BCUT2D eigenvalue weighted by atomic mass is 32.2. The molecular weight excluding hydrogens is 338 g/mol. The third-order valence-corrected chi connectivity index (χ3v) is 5.67. The zero-order valence-electron chi connectivity index (χ0n) is 14.1. The van der Waals surface area contributed by atoms with Crippen LogP contribution in [-0.4, -0.2) is 31.9 Å². The van der Waals surface area contributed by atoms with Crippen LogP contribution in [0.15, 0.2) is 59.5 Å². The molecule has 1 atom stereocenters. The smallest absolute Gasteiger partial charge is 0.297 e. The van der Waals surface area contributed by atoms with Crippen LogP contribution in [0.2, 0.25) is 0 Å². The maximum atomic E-state index is 12.3. The maximum absolute atomic E-state index is 12.3. The van der Waals surface area contributed by atoms with Crippen molar-refractivity contribution in [3.05, 3.63) is 65.7 Å². The van der Waals surface area contributed by atoms with E-state index in [2.05, 4.69) is 0 Å². The van der Waals surface area contributed by atoms with Crippen molar-refractivity contribution in [1.82, 2.24) is 4.90 Å². The van der Waals surface area contributed by atoms with Crippen molar-refractivity contribution in [3.8, 4) is 0 Å². The average molecular weight is 359 g/mol. The summed E-state index contributed by atoms with van der Waals surface area (Å²) in [6.07, 6.45) is 1.03. The molecule has 6 heteroatoms. The standard InChI is InChI=1S/C19H21NO4S/c1-15-7-10-18(11-8-15)25(22,23)24-14-17-9-12-19(21)20(17)13-16-5-3-2-4-6-16/h2-8,10-11,17H,9,12-14H2,1H3. The first-order valence-electron chi connectivity index (χ1n) is 8.25. The molecule has 5 nitrogen and oxygen atoms in total. The normalized spacial score (nSPS) is 17.9. The second kappa shape index (κ2) is 7.37. The fraction of sp³-hybridized carbons (Fsp3) is 0.316. The number of carbonyl (C=O) groups excluding carboxylic acids is 1. The van der Waals surface area contributed by atoms with Crippen molar-refractivity contribution in [2.75, 3.05) is 6.61 Å². The molecule has 132 valence electrons. The lowest BCUT2D eigenvalue weighted by atomic mass is 10.2. The number of hydrogen-bond acceptors (Lipinski definition) is 4. The van der Waals surface area contributed by atoms with E-state index >= 15 is 0 Å². The number of likely N-dealkylation sites (tertiary alicyclic amines) is 1. The van der Waals surface area contributed by atoms with Crippen molar-refractivity contribution in [3.63, 3.8) is 0 Å². The van der Waals surface area contributed by atoms with E-state index in [-0.39, 0.29) is 23.5 Å². The Morgan fingerprint density at radius 3 is 2.44 bits per heavy atom. The molecule has 25 heavy (non-hydrogen) atoms. The first-order valence-corrected chi connectivity index (χ1v) is 9.66. The fourth-order valence-corrected chi connectivity index (χ4v) is 3.85. The second-order valence-corrected chi connectivity index (χ2v) is 7.87. The number of carbonyl (C=O) groups is 1. The molecule has 0 radical (unpaired) electrons. The number of amides is 1. The predicted molar refractivity (Wildman–Crippen MR) is 94.3 cm³/mol. The van der Waals surface area contributed by atoms with Crippen LogP contribution < -0.4 is 0 Å². The molecule has 1 aliphatic heterocycles. The summed E-state index contributed by atoms with van der Waals surface area (Å²) in [5.41, 5.74) is 2.00. The number of aryl methyl sites for hydroxylation is 1. The van der Waals surface area contributed by atoms with Gasteiger partial charge in [0.05, 0.1) is 17.5 Å². The summed E-state index contributed by atoms with van der Waals surface area (Å²) in [5.74, 6) is 0.0326. The highest BCUT2D eigenvalue weighted by Gasteiger charge is 2.32. The Morgan fingerprint density at radius 2 is 1.76 bits per heavy atom.